The van der Waals surface area contributed by atoms with E-state index in [-0.39, 0.29) is 17.9 Å². The molecule has 0 aromatic heterocycles. The molecule has 5 nitrogen and oxygen atoms in total. The number of hydrogen-bond donors (Lipinski definition) is 1. The van der Waals surface area contributed by atoms with Gasteiger partial charge in [-0.1, -0.05) is 15.9 Å². The van der Waals surface area contributed by atoms with E-state index in [0.717, 1.165) is 11.1 Å². The Labute approximate surface area is 142 Å². The second-order valence-corrected chi connectivity index (χ2v) is 5.79. The molecule has 0 radical (unpaired) electrons. The number of aromatic hydroxyl groups is 1. The Morgan fingerprint density at radius 1 is 1.13 bits per heavy atom. The zero-order chi connectivity index (χ0) is 17.0. The topological polar surface area (TPSA) is 65.0 Å². The fraction of sp³-hybridized carbons (Fsp3) is 0.235. The molecule has 2 rings (SSSR count). The predicted molar refractivity (Wildman–Crippen MR) is 89.2 cm³/mol. The van der Waals surface area contributed by atoms with Crippen LogP contribution in [0.2, 0.25) is 0 Å². The number of benzene rings is 2. The van der Waals surface area contributed by atoms with Crippen molar-refractivity contribution in [2.75, 3.05) is 14.2 Å². The van der Waals surface area contributed by atoms with Gasteiger partial charge in [-0.2, -0.15) is 0 Å². The summed E-state index contributed by atoms with van der Waals surface area (Å²) in [6, 6.07) is 8.17. The first kappa shape index (κ1) is 17.1. The van der Waals surface area contributed by atoms with Gasteiger partial charge >= 0.3 is 5.97 Å². The SMILES string of the molecule is COc1cc(C)c(COC(=O)c2cc(Br)ccc2O)cc1OC. The molecule has 2 aromatic carbocycles. The second-order valence-electron chi connectivity index (χ2n) is 4.87. The third kappa shape index (κ3) is 3.96. The minimum Gasteiger partial charge on any atom is -0.507 e. The molecular formula is C17H17BrO5. The largest absolute Gasteiger partial charge is 0.507 e. The van der Waals surface area contributed by atoms with Crippen LogP contribution in [-0.2, 0) is 11.3 Å². The molecule has 2 aromatic rings. The van der Waals surface area contributed by atoms with Crippen molar-refractivity contribution in [2.24, 2.45) is 0 Å². The lowest BCUT2D eigenvalue weighted by molar-refractivity contribution is 0.0468. The van der Waals surface area contributed by atoms with Gasteiger partial charge in [-0.15, -0.1) is 0 Å². The maximum absolute atomic E-state index is 12.1. The number of aryl methyl sites for hydroxylation is 1. The highest BCUT2D eigenvalue weighted by molar-refractivity contribution is 9.10. The van der Waals surface area contributed by atoms with Crippen LogP contribution in [0, 0.1) is 6.92 Å². The van der Waals surface area contributed by atoms with Crippen molar-refractivity contribution in [1.29, 1.82) is 0 Å². The Morgan fingerprint density at radius 2 is 1.78 bits per heavy atom. The summed E-state index contributed by atoms with van der Waals surface area (Å²) in [7, 11) is 3.11. The van der Waals surface area contributed by atoms with Gasteiger partial charge in [0.1, 0.15) is 17.9 Å². The Bertz CT molecular complexity index is 727. The fourth-order valence-electron chi connectivity index (χ4n) is 2.07. The van der Waals surface area contributed by atoms with E-state index in [1.165, 1.54) is 12.1 Å². The van der Waals surface area contributed by atoms with Gasteiger partial charge in [0, 0.05) is 4.47 Å². The first-order valence-corrected chi connectivity index (χ1v) is 7.62. The predicted octanol–water partition coefficient (Wildman–Crippen LogP) is 3.84. The molecular weight excluding hydrogens is 364 g/mol. The molecule has 0 aliphatic heterocycles. The summed E-state index contributed by atoms with van der Waals surface area (Å²) in [5, 5.41) is 9.75. The van der Waals surface area contributed by atoms with E-state index in [1.807, 2.05) is 13.0 Å². The van der Waals surface area contributed by atoms with Gasteiger partial charge in [0.05, 0.1) is 14.2 Å². The number of halogens is 1. The van der Waals surface area contributed by atoms with E-state index in [2.05, 4.69) is 15.9 Å². The Kier molecular flexibility index (Phi) is 5.50. The molecule has 23 heavy (non-hydrogen) atoms. The number of carbonyl (C=O) groups excluding carboxylic acids is 1. The lowest BCUT2D eigenvalue weighted by Gasteiger charge is -2.13. The fourth-order valence-corrected chi connectivity index (χ4v) is 2.43. The number of hydrogen-bond acceptors (Lipinski definition) is 5. The highest BCUT2D eigenvalue weighted by Gasteiger charge is 2.15. The summed E-state index contributed by atoms with van der Waals surface area (Å²) in [5.74, 6) is 0.458. The summed E-state index contributed by atoms with van der Waals surface area (Å²) in [6.07, 6.45) is 0. The van der Waals surface area contributed by atoms with Crippen molar-refractivity contribution in [3.63, 3.8) is 0 Å². The van der Waals surface area contributed by atoms with E-state index in [4.69, 9.17) is 14.2 Å². The maximum atomic E-state index is 12.1. The minimum absolute atomic E-state index is 0.0664. The second kappa shape index (κ2) is 7.37. The Balaban J connectivity index is 2.17. The van der Waals surface area contributed by atoms with Crippen molar-refractivity contribution >= 4 is 21.9 Å². The number of ether oxygens (including phenoxy) is 3. The van der Waals surface area contributed by atoms with Gasteiger partial charge < -0.3 is 19.3 Å². The molecule has 0 atom stereocenters. The number of phenolic OH excluding ortho intramolecular Hbond substituents is 1. The third-order valence-electron chi connectivity index (χ3n) is 3.38. The number of rotatable bonds is 5. The molecule has 122 valence electrons. The lowest BCUT2D eigenvalue weighted by Crippen LogP contribution is -2.07. The van der Waals surface area contributed by atoms with Crippen LogP contribution in [0.5, 0.6) is 17.2 Å². The van der Waals surface area contributed by atoms with Crippen molar-refractivity contribution < 1.29 is 24.1 Å². The van der Waals surface area contributed by atoms with Crippen LogP contribution < -0.4 is 9.47 Å². The van der Waals surface area contributed by atoms with E-state index < -0.39 is 5.97 Å². The van der Waals surface area contributed by atoms with Gasteiger partial charge in [-0.25, -0.2) is 4.79 Å². The molecule has 0 saturated carbocycles. The molecule has 0 amide bonds. The van der Waals surface area contributed by atoms with Gasteiger partial charge in [0.15, 0.2) is 11.5 Å². The molecule has 0 heterocycles. The first-order valence-electron chi connectivity index (χ1n) is 6.83. The molecule has 0 aliphatic rings. The van der Waals surface area contributed by atoms with Crippen LogP contribution >= 0.6 is 15.9 Å². The third-order valence-corrected chi connectivity index (χ3v) is 3.87. The molecule has 0 fully saturated rings. The van der Waals surface area contributed by atoms with Crippen LogP contribution in [0.15, 0.2) is 34.8 Å². The van der Waals surface area contributed by atoms with Crippen LogP contribution in [0.25, 0.3) is 0 Å². The normalized spacial score (nSPS) is 10.3. The van der Waals surface area contributed by atoms with Crippen LogP contribution in [0.4, 0.5) is 0 Å². The smallest absolute Gasteiger partial charge is 0.342 e. The van der Waals surface area contributed by atoms with E-state index in [0.29, 0.717) is 16.0 Å². The minimum atomic E-state index is -0.599. The first-order chi connectivity index (χ1) is 11.0. The summed E-state index contributed by atoms with van der Waals surface area (Å²) >= 11 is 3.26. The molecule has 0 bridgehead atoms. The Hall–Kier alpha value is -2.21. The van der Waals surface area contributed by atoms with Crippen molar-refractivity contribution in [2.45, 2.75) is 13.5 Å². The number of phenols is 1. The van der Waals surface area contributed by atoms with E-state index in [9.17, 15) is 9.90 Å². The molecule has 0 saturated heterocycles. The quantitative estimate of drug-likeness (QED) is 0.798. The van der Waals surface area contributed by atoms with Gasteiger partial charge in [-0.3, -0.25) is 0 Å². The summed E-state index contributed by atoms with van der Waals surface area (Å²) in [4.78, 5) is 12.1. The highest BCUT2D eigenvalue weighted by Crippen LogP contribution is 2.31. The van der Waals surface area contributed by atoms with Gasteiger partial charge in [0.25, 0.3) is 0 Å². The molecule has 0 unspecified atom stereocenters. The van der Waals surface area contributed by atoms with Crippen LogP contribution in [0.1, 0.15) is 21.5 Å². The molecule has 6 heteroatoms. The number of methoxy groups -OCH3 is 2. The van der Waals surface area contributed by atoms with Crippen molar-refractivity contribution in [3.05, 3.63) is 51.5 Å². The number of carbonyl (C=O) groups is 1. The average molecular weight is 381 g/mol. The summed E-state index contributed by atoms with van der Waals surface area (Å²) in [5.41, 5.74) is 1.82. The average Bonchev–Trinajstić information content (AvgIpc) is 2.55. The zero-order valence-electron chi connectivity index (χ0n) is 13.1. The van der Waals surface area contributed by atoms with Gasteiger partial charge in [-0.05, 0) is 48.4 Å². The summed E-state index contributed by atoms with van der Waals surface area (Å²) < 4.78 is 16.4. The number of esters is 1. The van der Waals surface area contributed by atoms with Crippen LogP contribution in [-0.4, -0.2) is 25.3 Å². The van der Waals surface area contributed by atoms with Gasteiger partial charge in [0.2, 0.25) is 0 Å². The molecule has 0 aliphatic carbocycles. The Morgan fingerprint density at radius 3 is 2.43 bits per heavy atom. The molecule has 0 spiro atoms. The van der Waals surface area contributed by atoms with E-state index in [1.54, 1.807) is 26.4 Å². The maximum Gasteiger partial charge on any atom is 0.342 e. The van der Waals surface area contributed by atoms with Crippen molar-refractivity contribution in [1.82, 2.24) is 0 Å². The standard InChI is InChI=1S/C17H17BrO5/c1-10-6-15(21-2)16(22-3)7-11(10)9-23-17(20)13-8-12(18)4-5-14(13)19/h4-8,19H,9H2,1-3H3. The monoisotopic (exact) mass is 380 g/mol. The highest BCUT2D eigenvalue weighted by atomic mass is 79.9. The van der Waals surface area contributed by atoms with Crippen molar-refractivity contribution in [3.8, 4) is 17.2 Å². The lowest BCUT2D eigenvalue weighted by atomic mass is 10.1. The molecule has 1 N–H and O–H groups in total. The van der Waals surface area contributed by atoms with Crippen LogP contribution in [0.3, 0.4) is 0 Å². The summed E-state index contributed by atoms with van der Waals surface area (Å²) in [6.45, 7) is 1.96. The zero-order valence-corrected chi connectivity index (χ0v) is 14.6. The van der Waals surface area contributed by atoms with E-state index >= 15 is 0 Å².